The molecular weight excluding hydrogens is 176 g/mol. The van der Waals surface area contributed by atoms with Crippen LogP contribution < -0.4 is 11.1 Å². The molecule has 3 nitrogen and oxygen atoms in total. The summed E-state index contributed by atoms with van der Waals surface area (Å²) in [6.07, 6.45) is 4.73. The molecule has 1 rings (SSSR count). The molecule has 0 radical (unpaired) electrons. The first-order chi connectivity index (χ1) is 6.63. The molecule has 0 aromatic heterocycles. The summed E-state index contributed by atoms with van der Waals surface area (Å²) in [7, 11) is 0. The monoisotopic (exact) mass is 198 g/mol. The standard InChI is InChI=1S/C11H22N2O/c1-8(2)9-3-5-10(6-4-9)13-11(14)7-12/h8-10H,3-7,12H2,1-2H3,(H,13,14). The van der Waals surface area contributed by atoms with Gasteiger partial charge in [-0.1, -0.05) is 13.8 Å². The van der Waals surface area contributed by atoms with Gasteiger partial charge in [0.05, 0.1) is 6.54 Å². The third-order valence-corrected chi connectivity index (χ3v) is 3.27. The van der Waals surface area contributed by atoms with Crippen molar-refractivity contribution in [3.05, 3.63) is 0 Å². The van der Waals surface area contributed by atoms with Crippen molar-refractivity contribution in [3.8, 4) is 0 Å². The second kappa shape index (κ2) is 5.35. The Morgan fingerprint density at radius 3 is 2.36 bits per heavy atom. The molecule has 14 heavy (non-hydrogen) atoms. The van der Waals surface area contributed by atoms with Crippen molar-refractivity contribution in [3.63, 3.8) is 0 Å². The van der Waals surface area contributed by atoms with Crippen LogP contribution in [0.25, 0.3) is 0 Å². The fraction of sp³-hybridized carbons (Fsp3) is 0.909. The van der Waals surface area contributed by atoms with Crippen LogP contribution in [0.3, 0.4) is 0 Å². The molecule has 3 heteroatoms. The van der Waals surface area contributed by atoms with Crippen LogP contribution in [0.2, 0.25) is 0 Å². The lowest BCUT2D eigenvalue weighted by Gasteiger charge is -2.31. The van der Waals surface area contributed by atoms with E-state index >= 15 is 0 Å². The number of carbonyl (C=O) groups excluding carboxylic acids is 1. The van der Waals surface area contributed by atoms with E-state index in [0.29, 0.717) is 6.04 Å². The number of carbonyl (C=O) groups is 1. The number of hydrogen-bond acceptors (Lipinski definition) is 2. The van der Waals surface area contributed by atoms with Gasteiger partial charge in [-0.2, -0.15) is 0 Å². The van der Waals surface area contributed by atoms with Crippen LogP contribution in [0.15, 0.2) is 0 Å². The molecule has 0 aromatic rings. The quantitative estimate of drug-likeness (QED) is 0.717. The molecule has 0 spiro atoms. The van der Waals surface area contributed by atoms with Crippen molar-refractivity contribution >= 4 is 5.91 Å². The largest absolute Gasteiger partial charge is 0.352 e. The van der Waals surface area contributed by atoms with E-state index in [1.807, 2.05) is 0 Å². The first-order valence-corrected chi connectivity index (χ1v) is 5.63. The summed E-state index contributed by atoms with van der Waals surface area (Å²) in [6, 6.07) is 0.376. The number of nitrogens with one attached hydrogen (secondary N) is 1. The van der Waals surface area contributed by atoms with E-state index < -0.39 is 0 Å². The zero-order valence-corrected chi connectivity index (χ0v) is 9.25. The summed E-state index contributed by atoms with van der Waals surface area (Å²) in [6.45, 7) is 4.68. The van der Waals surface area contributed by atoms with Crippen LogP contribution in [-0.2, 0) is 4.79 Å². The lowest BCUT2D eigenvalue weighted by Crippen LogP contribution is -2.41. The maximum absolute atomic E-state index is 11.1. The topological polar surface area (TPSA) is 55.1 Å². The van der Waals surface area contributed by atoms with Crippen molar-refractivity contribution in [1.82, 2.24) is 5.32 Å². The highest BCUT2D eigenvalue weighted by Gasteiger charge is 2.23. The Morgan fingerprint density at radius 1 is 1.36 bits per heavy atom. The Bertz CT molecular complexity index is 184. The number of hydrogen-bond donors (Lipinski definition) is 2. The summed E-state index contributed by atoms with van der Waals surface area (Å²) >= 11 is 0. The highest BCUT2D eigenvalue weighted by Crippen LogP contribution is 2.29. The predicted octanol–water partition coefficient (Wildman–Crippen LogP) is 1.28. The smallest absolute Gasteiger partial charge is 0.233 e. The summed E-state index contributed by atoms with van der Waals surface area (Å²) in [5.74, 6) is 1.61. The van der Waals surface area contributed by atoms with Crippen LogP contribution in [-0.4, -0.2) is 18.5 Å². The fourth-order valence-corrected chi connectivity index (χ4v) is 2.22. The highest BCUT2D eigenvalue weighted by atomic mass is 16.1. The zero-order valence-electron chi connectivity index (χ0n) is 9.25. The van der Waals surface area contributed by atoms with Crippen LogP contribution in [0.5, 0.6) is 0 Å². The maximum Gasteiger partial charge on any atom is 0.233 e. The van der Waals surface area contributed by atoms with Crippen LogP contribution >= 0.6 is 0 Å². The minimum Gasteiger partial charge on any atom is -0.352 e. The fourth-order valence-electron chi connectivity index (χ4n) is 2.22. The Hall–Kier alpha value is -0.570. The third kappa shape index (κ3) is 3.29. The summed E-state index contributed by atoms with van der Waals surface area (Å²) in [4.78, 5) is 11.1. The van der Waals surface area contributed by atoms with Crippen LogP contribution in [0.4, 0.5) is 0 Å². The molecule has 0 saturated heterocycles. The molecule has 82 valence electrons. The van der Waals surface area contributed by atoms with Gasteiger partial charge in [0, 0.05) is 6.04 Å². The number of amides is 1. The molecule has 1 aliphatic carbocycles. The zero-order chi connectivity index (χ0) is 10.6. The van der Waals surface area contributed by atoms with Gasteiger partial charge in [0.15, 0.2) is 0 Å². The van der Waals surface area contributed by atoms with Crippen molar-refractivity contribution in [1.29, 1.82) is 0 Å². The first-order valence-electron chi connectivity index (χ1n) is 5.63. The highest BCUT2D eigenvalue weighted by molar-refractivity contribution is 5.78. The molecule has 0 aromatic carbocycles. The van der Waals surface area contributed by atoms with E-state index in [9.17, 15) is 4.79 Å². The van der Waals surface area contributed by atoms with Crippen LogP contribution in [0, 0.1) is 11.8 Å². The molecule has 0 bridgehead atoms. The van der Waals surface area contributed by atoms with Gasteiger partial charge in [-0.25, -0.2) is 0 Å². The van der Waals surface area contributed by atoms with Crippen LogP contribution in [0.1, 0.15) is 39.5 Å². The Balaban J connectivity index is 2.25. The van der Waals surface area contributed by atoms with E-state index in [-0.39, 0.29) is 12.5 Å². The first kappa shape index (κ1) is 11.5. The molecule has 0 atom stereocenters. The second-order valence-corrected chi connectivity index (χ2v) is 4.63. The van der Waals surface area contributed by atoms with E-state index in [1.54, 1.807) is 0 Å². The molecule has 1 amide bonds. The Morgan fingerprint density at radius 2 is 1.93 bits per heavy atom. The molecule has 0 heterocycles. The predicted molar refractivity (Wildman–Crippen MR) is 57.8 cm³/mol. The SMILES string of the molecule is CC(C)C1CCC(NC(=O)CN)CC1. The summed E-state index contributed by atoms with van der Waals surface area (Å²) < 4.78 is 0. The van der Waals surface area contributed by atoms with Crippen molar-refractivity contribution < 1.29 is 4.79 Å². The van der Waals surface area contributed by atoms with Crippen molar-refractivity contribution in [2.75, 3.05) is 6.54 Å². The van der Waals surface area contributed by atoms with E-state index in [4.69, 9.17) is 5.73 Å². The average Bonchev–Trinajstić information content (AvgIpc) is 2.18. The normalized spacial score (nSPS) is 27.7. The molecule has 0 unspecified atom stereocenters. The summed E-state index contributed by atoms with van der Waals surface area (Å²) in [5, 5.41) is 2.96. The van der Waals surface area contributed by atoms with Gasteiger partial charge in [-0.05, 0) is 37.5 Å². The Kier molecular flexibility index (Phi) is 4.39. The van der Waals surface area contributed by atoms with Gasteiger partial charge >= 0.3 is 0 Å². The molecule has 1 fully saturated rings. The molecule has 1 aliphatic rings. The molecule has 3 N–H and O–H groups in total. The van der Waals surface area contributed by atoms with Gasteiger partial charge < -0.3 is 11.1 Å². The summed E-state index contributed by atoms with van der Waals surface area (Å²) in [5.41, 5.74) is 5.25. The van der Waals surface area contributed by atoms with Gasteiger partial charge in [0.25, 0.3) is 0 Å². The Labute approximate surface area is 86.4 Å². The molecule has 1 saturated carbocycles. The maximum atomic E-state index is 11.1. The van der Waals surface area contributed by atoms with Gasteiger partial charge in [-0.15, -0.1) is 0 Å². The van der Waals surface area contributed by atoms with E-state index in [1.165, 1.54) is 12.8 Å². The van der Waals surface area contributed by atoms with Gasteiger partial charge in [0.1, 0.15) is 0 Å². The lowest BCUT2D eigenvalue weighted by atomic mass is 9.80. The molecule has 0 aliphatic heterocycles. The second-order valence-electron chi connectivity index (χ2n) is 4.63. The van der Waals surface area contributed by atoms with Gasteiger partial charge in [-0.3, -0.25) is 4.79 Å². The number of rotatable bonds is 3. The van der Waals surface area contributed by atoms with Gasteiger partial charge in [0.2, 0.25) is 5.91 Å². The molecular formula is C11H22N2O. The lowest BCUT2D eigenvalue weighted by molar-refractivity contribution is -0.120. The van der Waals surface area contributed by atoms with Crippen molar-refractivity contribution in [2.24, 2.45) is 17.6 Å². The van der Waals surface area contributed by atoms with E-state index in [0.717, 1.165) is 24.7 Å². The minimum absolute atomic E-state index is 0.0157. The van der Waals surface area contributed by atoms with Crippen molar-refractivity contribution in [2.45, 2.75) is 45.6 Å². The van der Waals surface area contributed by atoms with E-state index in [2.05, 4.69) is 19.2 Å². The number of nitrogens with two attached hydrogens (primary N) is 1. The third-order valence-electron chi connectivity index (χ3n) is 3.27. The minimum atomic E-state index is -0.0157. The average molecular weight is 198 g/mol.